The molecule has 1 aliphatic carbocycles. The first-order valence-electron chi connectivity index (χ1n) is 6.68. The molecule has 20 heavy (non-hydrogen) atoms. The zero-order chi connectivity index (χ0) is 14.1. The molecule has 104 valence electrons. The van der Waals surface area contributed by atoms with Crippen molar-refractivity contribution in [2.75, 3.05) is 0 Å². The van der Waals surface area contributed by atoms with Crippen LogP contribution in [-0.4, -0.2) is 21.7 Å². The van der Waals surface area contributed by atoms with Gasteiger partial charge in [0, 0.05) is 24.4 Å². The molecule has 0 aliphatic heterocycles. The van der Waals surface area contributed by atoms with Crippen LogP contribution in [0.15, 0.2) is 36.7 Å². The molecule has 0 amide bonds. The van der Waals surface area contributed by atoms with E-state index in [9.17, 15) is 4.79 Å². The van der Waals surface area contributed by atoms with Gasteiger partial charge >= 0.3 is 0 Å². The van der Waals surface area contributed by atoms with Gasteiger partial charge in [0.25, 0.3) is 0 Å². The normalized spacial score (nSPS) is 15.9. The molecule has 1 atom stereocenters. The number of nitrogens with zero attached hydrogens (tertiary/aromatic N) is 2. The summed E-state index contributed by atoms with van der Waals surface area (Å²) in [6.45, 7) is 0. The summed E-state index contributed by atoms with van der Waals surface area (Å²) in [5.41, 5.74) is 7.28. The number of carbonyl (C=O) groups is 1. The second-order valence-electron chi connectivity index (χ2n) is 5.13. The Hall–Kier alpha value is -2.14. The van der Waals surface area contributed by atoms with Gasteiger partial charge < -0.3 is 10.5 Å². The molecule has 3 rings (SSSR count). The van der Waals surface area contributed by atoms with Crippen molar-refractivity contribution in [2.24, 2.45) is 12.8 Å². The van der Waals surface area contributed by atoms with Crippen molar-refractivity contribution < 1.29 is 9.53 Å². The van der Waals surface area contributed by atoms with E-state index < -0.39 is 6.04 Å². The minimum Gasteiger partial charge on any atom is -0.490 e. The number of ketones is 1. The van der Waals surface area contributed by atoms with Gasteiger partial charge in [0.2, 0.25) is 0 Å². The van der Waals surface area contributed by atoms with Gasteiger partial charge in [-0.3, -0.25) is 9.48 Å². The standard InChI is InChI=1S/C15H17N3O2/c1-18-9-11(8-17-18)14(16)15(19)10-2-4-12(5-3-10)20-13-6-7-13/h2-5,8-9,13-14H,6-7,16H2,1H3. The molecular weight excluding hydrogens is 254 g/mol. The Bertz CT molecular complexity index is 614. The summed E-state index contributed by atoms with van der Waals surface area (Å²) in [5.74, 6) is 0.690. The van der Waals surface area contributed by atoms with Crippen molar-refractivity contribution in [3.63, 3.8) is 0 Å². The largest absolute Gasteiger partial charge is 0.490 e. The SMILES string of the molecule is Cn1cc(C(N)C(=O)c2ccc(OC3CC3)cc2)cn1. The fraction of sp³-hybridized carbons (Fsp3) is 0.333. The van der Waals surface area contributed by atoms with Crippen molar-refractivity contribution in [1.82, 2.24) is 9.78 Å². The van der Waals surface area contributed by atoms with E-state index in [-0.39, 0.29) is 5.78 Å². The first-order chi connectivity index (χ1) is 9.63. The zero-order valence-corrected chi connectivity index (χ0v) is 11.3. The van der Waals surface area contributed by atoms with Gasteiger partial charge in [-0.1, -0.05) is 0 Å². The van der Waals surface area contributed by atoms with Gasteiger partial charge in [-0.25, -0.2) is 0 Å². The summed E-state index contributed by atoms with van der Waals surface area (Å²) >= 11 is 0. The van der Waals surface area contributed by atoms with E-state index in [2.05, 4.69) is 5.10 Å². The van der Waals surface area contributed by atoms with Crippen LogP contribution in [-0.2, 0) is 7.05 Å². The van der Waals surface area contributed by atoms with Crippen LogP contribution in [0.2, 0.25) is 0 Å². The summed E-state index contributed by atoms with van der Waals surface area (Å²) in [5, 5.41) is 4.03. The predicted molar refractivity (Wildman–Crippen MR) is 74.6 cm³/mol. The molecule has 2 N–H and O–H groups in total. The molecular formula is C15H17N3O2. The Morgan fingerprint density at radius 3 is 2.65 bits per heavy atom. The molecule has 1 aliphatic rings. The van der Waals surface area contributed by atoms with Crippen molar-refractivity contribution in [2.45, 2.75) is 25.0 Å². The molecule has 1 unspecified atom stereocenters. The number of carbonyl (C=O) groups excluding carboxylic acids is 1. The van der Waals surface area contributed by atoms with E-state index in [1.54, 1.807) is 36.3 Å². The quantitative estimate of drug-likeness (QED) is 0.842. The highest BCUT2D eigenvalue weighted by Crippen LogP contribution is 2.27. The number of Topliss-reactive ketones (excluding diaryl/α,β-unsaturated/α-hetero) is 1. The molecule has 0 saturated heterocycles. The molecule has 2 aromatic rings. The van der Waals surface area contributed by atoms with E-state index in [1.807, 2.05) is 12.1 Å². The minimum atomic E-state index is -0.682. The Labute approximate surface area is 117 Å². The summed E-state index contributed by atoms with van der Waals surface area (Å²) in [7, 11) is 1.80. The molecule has 0 radical (unpaired) electrons. The zero-order valence-electron chi connectivity index (χ0n) is 11.3. The fourth-order valence-electron chi connectivity index (χ4n) is 2.01. The van der Waals surface area contributed by atoms with Crippen LogP contribution in [0, 0.1) is 0 Å². The third-order valence-corrected chi connectivity index (χ3v) is 3.33. The van der Waals surface area contributed by atoms with E-state index in [1.165, 1.54) is 0 Å². The highest BCUT2D eigenvalue weighted by atomic mass is 16.5. The number of aryl methyl sites for hydroxylation is 1. The smallest absolute Gasteiger partial charge is 0.184 e. The Kier molecular flexibility index (Phi) is 3.28. The second-order valence-corrected chi connectivity index (χ2v) is 5.13. The number of hydrogen-bond acceptors (Lipinski definition) is 4. The second kappa shape index (κ2) is 5.09. The van der Waals surface area contributed by atoms with Gasteiger partial charge in [0.1, 0.15) is 5.75 Å². The number of hydrogen-bond donors (Lipinski definition) is 1. The maximum absolute atomic E-state index is 12.3. The minimum absolute atomic E-state index is 0.115. The van der Waals surface area contributed by atoms with Gasteiger partial charge in [-0.15, -0.1) is 0 Å². The van der Waals surface area contributed by atoms with Crippen molar-refractivity contribution >= 4 is 5.78 Å². The molecule has 1 aromatic heterocycles. The van der Waals surface area contributed by atoms with Gasteiger partial charge in [0.15, 0.2) is 5.78 Å². The molecule has 5 heteroatoms. The third-order valence-electron chi connectivity index (χ3n) is 3.33. The Morgan fingerprint density at radius 2 is 2.10 bits per heavy atom. The maximum atomic E-state index is 12.3. The average Bonchev–Trinajstić information content (AvgIpc) is 3.17. The highest BCUT2D eigenvalue weighted by molar-refractivity contribution is 6.00. The molecule has 1 aromatic carbocycles. The predicted octanol–water partition coefficient (Wildman–Crippen LogP) is 1.84. The van der Waals surface area contributed by atoms with Crippen LogP contribution in [0.4, 0.5) is 0 Å². The van der Waals surface area contributed by atoms with Crippen LogP contribution >= 0.6 is 0 Å². The van der Waals surface area contributed by atoms with Crippen molar-refractivity contribution in [1.29, 1.82) is 0 Å². The first-order valence-corrected chi connectivity index (χ1v) is 6.68. The molecule has 1 saturated carbocycles. The summed E-state index contributed by atoms with van der Waals surface area (Å²) < 4.78 is 7.29. The van der Waals surface area contributed by atoms with Gasteiger partial charge in [0.05, 0.1) is 18.3 Å². The summed E-state index contributed by atoms with van der Waals surface area (Å²) in [4.78, 5) is 12.3. The third kappa shape index (κ3) is 2.72. The Balaban J connectivity index is 1.72. The molecule has 1 fully saturated rings. The van der Waals surface area contributed by atoms with Gasteiger partial charge in [-0.2, -0.15) is 5.10 Å². The monoisotopic (exact) mass is 271 g/mol. The lowest BCUT2D eigenvalue weighted by molar-refractivity contribution is 0.0961. The van der Waals surface area contributed by atoms with Crippen LogP contribution in [0.25, 0.3) is 0 Å². The van der Waals surface area contributed by atoms with E-state index in [0.717, 1.165) is 24.2 Å². The van der Waals surface area contributed by atoms with Gasteiger partial charge in [-0.05, 0) is 37.1 Å². The molecule has 0 spiro atoms. The van der Waals surface area contributed by atoms with Crippen molar-refractivity contribution in [3.05, 3.63) is 47.8 Å². The fourth-order valence-corrected chi connectivity index (χ4v) is 2.01. The summed E-state index contributed by atoms with van der Waals surface area (Å²) in [6.07, 6.45) is 5.97. The Morgan fingerprint density at radius 1 is 1.40 bits per heavy atom. The lowest BCUT2D eigenvalue weighted by Crippen LogP contribution is -2.21. The topological polar surface area (TPSA) is 70.1 Å². The number of ether oxygens (including phenoxy) is 1. The van der Waals surface area contributed by atoms with E-state index >= 15 is 0 Å². The van der Waals surface area contributed by atoms with Crippen molar-refractivity contribution in [3.8, 4) is 5.75 Å². The number of benzene rings is 1. The number of nitrogens with two attached hydrogens (primary N) is 1. The average molecular weight is 271 g/mol. The maximum Gasteiger partial charge on any atom is 0.184 e. The molecule has 5 nitrogen and oxygen atoms in total. The van der Waals surface area contributed by atoms with Crippen LogP contribution in [0.1, 0.15) is 34.8 Å². The van der Waals surface area contributed by atoms with E-state index in [4.69, 9.17) is 10.5 Å². The summed E-state index contributed by atoms with van der Waals surface area (Å²) in [6, 6.07) is 6.48. The lowest BCUT2D eigenvalue weighted by Gasteiger charge is -2.09. The number of aromatic nitrogens is 2. The van der Waals surface area contributed by atoms with Crippen LogP contribution < -0.4 is 10.5 Å². The van der Waals surface area contributed by atoms with Crippen LogP contribution in [0.3, 0.4) is 0 Å². The van der Waals surface area contributed by atoms with E-state index in [0.29, 0.717) is 11.7 Å². The molecule has 0 bridgehead atoms. The number of rotatable bonds is 5. The molecule has 1 heterocycles. The van der Waals surface area contributed by atoms with Crippen LogP contribution in [0.5, 0.6) is 5.75 Å². The lowest BCUT2D eigenvalue weighted by atomic mass is 10.0. The first kappa shape index (κ1) is 12.9. The highest BCUT2D eigenvalue weighted by Gasteiger charge is 2.24.